The molecule has 0 aromatic heterocycles. The highest BCUT2D eigenvalue weighted by molar-refractivity contribution is 5.87. The van der Waals surface area contributed by atoms with Gasteiger partial charge < -0.3 is 5.11 Å². The topological polar surface area (TPSA) is 37.3 Å². The zero-order valence-corrected chi connectivity index (χ0v) is 10.3. The van der Waals surface area contributed by atoms with E-state index >= 15 is 0 Å². The maximum absolute atomic E-state index is 10.7. The molecular weight excluding hydrogens is 188 g/mol. The normalized spacial score (nSPS) is 13.7. The summed E-state index contributed by atoms with van der Waals surface area (Å²) in [7, 11) is 0. The van der Waals surface area contributed by atoms with E-state index in [1.807, 2.05) is 13.8 Å². The van der Waals surface area contributed by atoms with E-state index in [1.54, 1.807) is 6.92 Å². The summed E-state index contributed by atoms with van der Waals surface area (Å²) in [6.07, 6.45) is 6.83. The van der Waals surface area contributed by atoms with E-state index in [-0.39, 0.29) is 0 Å². The summed E-state index contributed by atoms with van der Waals surface area (Å²) < 4.78 is 0. The van der Waals surface area contributed by atoms with Gasteiger partial charge in [0, 0.05) is 5.57 Å². The molecular formula is C13H22O2. The van der Waals surface area contributed by atoms with Crippen LogP contribution in [0, 0.1) is 0 Å². The van der Waals surface area contributed by atoms with Crippen LogP contribution in [0.5, 0.6) is 0 Å². The second kappa shape index (κ2) is 7.27. The van der Waals surface area contributed by atoms with E-state index in [9.17, 15) is 4.79 Å². The lowest BCUT2D eigenvalue weighted by atomic mass is 10.0. The molecule has 0 bridgehead atoms. The Bertz CT molecular complexity index is 272. The molecule has 0 rings (SSSR count). The smallest absolute Gasteiger partial charge is 0.331 e. The standard InChI is InChI=1S/C13H22O2/c1-5-6-7-8-9-10(2)11(3)12(4)13(14)15/h9H,5-8H2,1-4H3,(H,14,15). The molecule has 2 heteroatoms. The molecule has 0 saturated heterocycles. The second-order valence-corrected chi connectivity index (χ2v) is 3.94. The van der Waals surface area contributed by atoms with Crippen molar-refractivity contribution in [1.82, 2.24) is 0 Å². The molecule has 1 N–H and O–H groups in total. The molecule has 0 unspecified atom stereocenters. The van der Waals surface area contributed by atoms with Gasteiger partial charge in [0.1, 0.15) is 0 Å². The zero-order valence-electron chi connectivity index (χ0n) is 10.3. The molecule has 0 aliphatic carbocycles. The average molecular weight is 210 g/mol. The van der Waals surface area contributed by atoms with Gasteiger partial charge in [-0.05, 0) is 39.2 Å². The molecule has 0 fully saturated rings. The van der Waals surface area contributed by atoms with Crippen LogP contribution in [-0.2, 0) is 4.79 Å². The molecule has 86 valence electrons. The molecule has 0 atom stereocenters. The van der Waals surface area contributed by atoms with Crippen molar-refractivity contribution < 1.29 is 9.90 Å². The second-order valence-electron chi connectivity index (χ2n) is 3.94. The van der Waals surface area contributed by atoms with Crippen molar-refractivity contribution >= 4 is 5.97 Å². The van der Waals surface area contributed by atoms with Crippen molar-refractivity contribution in [3.05, 3.63) is 22.8 Å². The number of hydrogen-bond acceptors (Lipinski definition) is 1. The first-order chi connectivity index (χ1) is 7.00. The summed E-state index contributed by atoms with van der Waals surface area (Å²) in [6.45, 7) is 7.68. The van der Waals surface area contributed by atoms with E-state index in [1.165, 1.54) is 19.3 Å². The Labute approximate surface area is 92.7 Å². The first kappa shape index (κ1) is 13.9. The maximum atomic E-state index is 10.7. The highest BCUT2D eigenvalue weighted by atomic mass is 16.4. The number of hydrogen-bond donors (Lipinski definition) is 1. The quantitative estimate of drug-likeness (QED) is 0.409. The minimum absolute atomic E-state index is 0.444. The van der Waals surface area contributed by atoms with Gasteiger partial charge in [0.25, 0.3) is 0 Å². The van der Waals surface area contributed by atoms with Crippen molar-refractivity contribution in [2.45, 2.75) is 53.4 Å². The average Bonchev–Trinajstić information content (AvgIpc) is 2.21. The Morgan fingerprint density at radius 1 is 1.13 bits per heavy atom. The fourth-order valence-electron chi connectivity index (χ4n) is 1.32. The summed E-state index contributed by atoms with van der Waals surface area (Å²) in [5, 5.41) is 8.83. The van der Waals surface area contributed by atoms with Crippen molar-refractivity contribution in [1.29, 1.82) is 0 Å². The molecule has 0 aromatic carbocycles. The third-order valence-corrected chi connectivity index (χ3v) is 2.73. The predicted octanol–water partition coefficient (Wildman–Crippen LogP) is 3.93. The van der Waals surface area contributed by atoms with Gasteiger partial charge in [0.2, 0.25) is 0 Å². The number of allylic oxidation sites excluding steroid dienone is 3. The molecule has 0 aromatic rings. The number of unbranched alkanes of at least 4 members (excludes halogenated alkanes) is 3. The van der Waals surface area contributed by atoms with Crippen LogP contribution in [0.1, 0.15) is 53.4 Å². The van der Waals surface area contributed by atoms with E-state index in [4.69, 9.17) is 5.11 Å². The van der Waals surface area contributed by atoms with Gasteiger partial charge >= 0.3 is 5.97 Å². The fraction of sp³-hybridized carbons (Fsp3) is 0.615. The lowest BCUT2D eigenvalue weighted by Gasteiger charge is -2.04. The molecule has 0 aliphatic rings. The zero-order chi connectivity index (χ0) is 11.8. The van der Waals surface area contributed by atoms with Crippen LogP contribution in [0.15, 0.2) is 22.8 Å². The van der Waals surface area contributed by atoms with Crippen LogP contribution in [0.2, 0.25) is 0 Å². The minimum Gasteiger partial charge on any atom is -0.478 e. The first-order valence-electron chi connectivity index (χ1n) is 5.58. The SMILES string of the molecule is CCCCCC=C(C)C(C)=C(C)C(=O)O. The van der Waals surface area contributed by atoms with E-state index in [2.05, 4.69) is 13.0 Å². The van der Waals surface area contributed by atoms with Gasteiger partial charge in [-0.25, -0.2) is 4.79 Å². The summed E-state index contributed by atoms with van der Waals surface area (Å²) in [6, 6.07) is 0. The largest absolute Gasteiger partial charge is 0.478 e. The fourth-order valence-corrected chi connectivity index (χ4v) is 1.32. The van der Waals surface area contributed by atoms with E-state index < -0.39 is 5.97 Å². The third kappa shape index (κ3) is 5.40. The van der Waals surface area contributed by atoms with Crippen molar-refractivity contribution in [2.75, 3.05) is 0 Å². The van der Waals surface area contributed by atoms with Crippen molar-refractivity contribution in [3.8, 4) is 0 Å². The first-order valence-corrected chi connectivity index (χ1v) is 5.58. The van der Waals surface area contributed by atoms with Crippen LogP contribution in [-0.4, -0.2) is 11.1 Å². The maximum Gasteiger partial charge on any atom is 0.331 e. The van der Waals surface area contributed by atoms with Crippen molar-refractivity contribution in [3.63, 3.8) is 0 Å². The van der Waals surface area contributed by atoms with Gasteiger partial charge in [0.05, 0.1) is 0 Å². The molecule has 0 heterocycles. The van der Waals surface area contributed by atoms with Gasteiger partial charge in [-0.1, -0.05) is 31.4 Å². The number of carboxylic acid groups (broad SMARTS) is 1. The van der Waals surface area contributed by atoms with Crippen LogP contribution in [0.4, 0.5) is 0 Å². The Morgan fingerprint density at radius 2 is 1.73 bits per heavy atom. The minimum atomic E-state index is -0.825. The third-order valence-electron chi connectivity index (χ3n) is 2.73. The number of carboxylic acids is 1. The van der Waals surface area contributed by atoms with Crippen LogP contribution in [0.3, 0.4) is 0 Å². The Balaban J connectivity index is 4.36. The lowest BCUT2D eigenvalue weighted by molar-refractivity contribution is -0.132. The molecule has 0 radical (unpaired) electrons. The van der Waals surface area contributed by atoms with Gasteiger partial charge in [-0.3, -0.25) is 0 Å². The molecule has 0 saturated carbocycles. The summed E-state index contributed by atoms with van der Waals surface area (Å²) in [5.41, 5.74) is 2.42. The Morgan fingerprint density at radius 3 is 2.20 bits per heavy atom. The number of rotatable bonds is 6. The number of carbonyl (C=O) groups is 1. The Kier molecular flexibility index (Phi) is 6.76. The van der Waals surface area contributed by atoms with Crippen LogP contribution >= 0.6 is 0 Å². The molecule has 0 spiro atoms. The van der Waals surface area contributed by atoms with Gasteiger partial charge in [-0.15, -0.1) is 0 Å². The summed E-state index contributed by atoms with van der Waals surface area (Å²) >= 11 is 0. The summed E-state index contributed by atoms with van der Waals surface area (Å²) in [5.74, 6) is -0.825. The molecule has 0 aliphatic heterocycles. The molecule has 0 amide bonds. The van der Waals surface area contributed by atoms with Crippen LogP contribution < -0.4 is 0 Å². The monoisotopic (exact) mass is 210 g/mol. The highest BCUT2D eigenvalue weighted by Crippen LogP contribution is 2.15. The van der Waals surface area contributed by atoms with E-state index in [0.29, 0.717) is 5.57 Å². The van der Waals surface area contributed by atoms with Crippen LogP contribution in [0.25, 0.3) is 0 Å². The molecule has 2 nitrogen and oxygen atoms in total. The van der Waals surface area contributed by atoms with Gasteiger partial charge in [-0.2, -0.15) is 0 Å². The molecule has 15 heavy (non-hydrogen) atoms. The van der Waals surface area contributed by atoms with Crippen molar-refractivity contribution in [2.24, 2.45) is 0 Å². The highest BCUT2D eigenvalue weighted by Gasteiger charge is 2.05. The number of aliphatic carboxylic acids is 1. The summed E-state index contributed by atoms with van der Waals surface area (Å²) in [4.78, 5) is 10.7. The predicted molar refractivity (Wildman–Crippen MR) is 63.9 cm³/mol. The Hall–Kier alpha value is -1.05. The van der Waals surface area contributed by atoms with Gasteiger partial charge in [0.15, 0.2) is 0 Å². The lowest BCUT2D eigenvalue weighted by Crippen LogP contribution is -2.00. The van der Waals surface area contributed by atoms with E-state index in [0.717, 1.165) is 17.6 Å².